The second-order valence-corrected chi connectivity index (χ2v) is 9.07. The van der Waals surface area contributed by atoms with Gasteiger partial charge in [0.25, 0.3) is 10.0 Å². The molecule has 6 nitrogen and oxygen atoms in total. The van der Waals surface area contributed by atoms with E-state index in [9.17, 15) is 13.2 Å². The van der Waals surface area contributed by atoms with Gasteiger partial charge in [-0.2, -0.15) is 0 Å². The topological polar surface area (TPSA) is 87.3 Å². The Hall–Kier alpha value is -2.54. The monoisotopic (exact) mass is 373 g/mol. The molecule has 3 N–H and O–H groups in total. The van der Waals surface area contributed by atoms with E-state index in [-0.39, 0.29) is 10.8 Å². The summed E-state index contributed by atoms with van der Waals surface area (Å²) >= 11 is 0. The number of rotatable bonds is 4. The molecule has 0 aliphatic carbocycles. The van der Waals surface area contributed by atoms with E-state index in [1.807, 2.05) is 26.8 Å². The summed E-state index contributed by atoms with van der Waals surface area (Å²) in [5, 5.41) is 5.99. The third-order valence-corrected chi connectivity index (χ3v) is 5.56. The van der Waals surface area contributed by atoms with Crippen LogP contribution < -0.4 is 15.4 Å². The fourth-order valence-electron chi connectivity index (χ4n) is 2.59. The van der Waals surface area contributed by atoms with Gasteiger partial charge in [0.2, 0.25) is 5.91 Å². The molecule has 1 heterocycles. The molecule has 1 aliphatic rings. The number of hydrogen-bond donors (Lipinski definition) is 3. The van der Waals surface area contributed by atoms with E-state index in [1.165, 1.54) is 0 Å². The van der Waals surface area contributed by atoms with Crippen molar-refractivity contribution in [1.29, 1.82) is 0 Å². The Morgan fingerprint density at radius 1 is 1.04 bits per heavy atom. The molecule has 2 aromatic carbocycles. The van der Waals surface area contributed by atoms with Crippen molar-refractivity contribution in [3.63, 3.8) is 0 Å². The normalized spacial score (nSPS) is 13.7. The lowest BCUT2D eigenvalue weighted by Crippen LogP contribution is -2.27. The highest BCUT2D eigenvalue weighted by atomic mass is 32.2. The molecule has 138 valence electrons. The van der Waals surface area contributed by atoms with E-state index in [0.29, 0.717) is 11.4 Å². The third kappa shape index (κ3) is 3.99. The summed E-state index contributed by atoms with van der Waals surface area (Å²) in [5.74, 6) is -0.100. The number of benzene rings is 2. The van der Waals surface area contributed by atoms with Crippen molar-refractivity contribution < 1.29 is 13.2 Å². The number of amides is 1. The van der Waals surface area contributed by atoms with Gasteiger partial charge in [0.05, 0.1) is 4.90 Å². The van der Waals surface area contributed by atoms with Gasteiger partial charge in [-0.1, -0.05) is 26.8 Å². The van der Waals surface area contributed by atoms with Crippen molar-refractivity contribution in [2.75, 3.05) is 21.9 Å². The molecule has 26 heavy (non-hydrogen) atoms. The van der Waals surface area contributed by atoms with E-state index in [4.69, 9.17) is 0 Å². The van der Waals surface area contributed by atoms with Gasteiger partial charge in [-0.15, -0.1) is 0 Å². The van der Waals surface area contributed by atoms with Crippen LogP contribution in [0.2, 0.25) is 0 Å². The SMILES string of the molecule is CC(C)(C)C(=O)Nc1ccc(NS(=O)(=O)c2ccc3c(c2)NCC3)cc1. The van der Waals surface area contributed by atoms with Gasteiger partial charge < -0.3 is 10.6 Å². The van der Waals surface area contributed by atoms with Gasteiger partial charge in [0.1, 0.15) is 0 Å². The van der Waals surface area contributed by atoms with Crippen molar-refractivity contribution in [2.45, 2.75) is 32.1 Å². The minimum Gasteiger partial charge on any atom is -0.384 e. The van der Waals surface area contributed by atoms with Gasteiger partial charge in [0, 0.05) is 29.0 Å². The third-order valence-electron chi connectivity index (χ3n) is 4.18. The molecule has 0 atom stereocenters. The zero-order valence-corrected chi connectivity index (χ0v) is 15.9. The Morgan fingerprint density at radius 3 is 2.35 bits per heavy atom. The molecule has 0 unspecified atom stereocenters. The smallest absolute Gasteiger partial charge is 0.261 e. The zero-order valence-electron chi connectivity index (χ0n) is 15.1. The van der Waals surface area contributed by atoms with Crippen LogP contribution in [-0.4, -0.2) is 20.9 Å². The fraction of sp³-hybridized carbons (Fsp3) is 0.316. The second-order valence-electron chi connectivity index (χ2n) is 7.38. The van der Waals surface area contributed by atoms with E-state index < -0.39 is 15.4 Å². The molecule has 0 spiro atoms. The maximum absolute atomic E-state index is 12.6. The van der Waals surface area contributed by atoms with Crippen LogP contribution in [0.5, 0.6) is 0 Å². The maximum Gasteiger partial charge on any atom is 0.261 e. The minimum absolute atomic E-state index is 0.100. The molecule has 0 radical (unpaired) electrons. The van der Waals surface area contributed by atoms with Gasteiger partial charge >= 0.3 is 0 Å². The van der Waals surface area contributed by atoms with Crippen LogP contribution in [-0.2, 0) is 21.2 Å². The van der Waals surface area contributed by atoms with E-state index in [0.717, 1.165) is 24.2 Å². The summed E-state index contributed by atoms with van der Waals surface area (Å²) in [6.45, 7) is 6.32. The highest BCUT2D eigenvalue weighted by molar-refractivity contribution is 7.92. The van der Waals surface area contributed by atoms with Gasteiger partial charge in [0.15, 0.2) is 0 Å². The van der Waals surface area contributed by atoms with Crippen LogP contribution in [0.3, 0.4) is 0 Å². The molecular formula is C19H23N3O3S. The van der Waals surface area contributed by atoms with Crippen molar-refractivity contribution in [3.05, 3.63) is 48.0 Å². The number of carbonyl (C=O) groups excluding carboxylic acids is 1. The molecule has 7 heteroatoms. The van der Waals surface area contributed by atoms with Crippen LogP contribution >= 0.6 is 0 Å². The van der Waals surface area contributed by atoms with Crippen LogP contribution in [0, 0.1) is 5.41 Å². The first-order chi connectivity index (χ1) is 12.1. The summed E-state index contributed by atoms with van der Waals surface area (Å²) in [6, 6.07) is 11.7. The van der Waals surface area contributed by atoms with Gasteiger partial charge in [-0.05, 0) is 48.4 Å². The number of fused-ring (bicyclic) bond motifs is 1. The zero-order chi connectivity index (χ0) is 18.9. The van der Waals surface area contributed by atoms with Gasteiger partial charge in [-0.3, -0.25) is 9.52 Å². The largest absolute Gasteiger partial charge is 0.384 e. The predicted octanol–water partition coefficient (Wildman–Crippen LogP) is 3.44. The highest BCUT2D eigenvalue weighted by Gasteiger charge is 2.21. The standard InChI is InChI=1S/C19H23N3O3S/c1-19(2,3)18(23)21-14-5-7-15(8-6-14)22-26(24,25)16-9-4-13-10-11-20-17(13)12-16/h4-9,12,20,22H,10-11H2,1-3H3,(H,21,23). The minimum atomic E-state index is -3.67. The summed E-state index contributed by atoms with van der Waals surface area (Å²) < 4.78 is 27.7. The highest BCUT2D eigenvalue weighted by Crippen LogP contribution is 2.27. The average Bonchev–Trinajstić information content (AvgIpc) is 3.03. The van der Waals surface area contributed by atoms with E-state index >= 15 is 0 Å². The molecule has 3 rings (SSSR count). The van der Waals surface area contributed by atoms with Crippen molar-refractivity contribution in [3.8, 4) is 0 Å². The van der Waals surface area contributed by atoms with Crippen LogP contribution in [0.15, 0.2) is 47.4 Å². The Morgan fingerprint density at radius 2 is 1.69 bits per heavy atom. The Balaban J connectivity index is 1.73. The molecule has 0 bridgehead atoms. The Bertz CT molecular complexity index is 929. The summed E-state index contributed by atoms with van der Waals surface area (Å²) in [5.41, 5.74) is 2.56. The van der Waals surface area contributed by atoms with Crippen LogP contribution in [0.4, 0.5) is 17.1 Å². The fourth-order valence-corrected chi connectivity index (χ4v) is 3.68. The first kappa shape index (κ1) is 18.3. The first-order valence-electron chi connectivity index (χ1n) is 8.46. The Labute approximate surface area is 154 Å². The summed E-state index contributed by atoms with van der Waals surface area (Å²) in [4.78, 5) is 12.2. The Kier molecular flexibility index (Phi) is 4.66. The van der Waals surface area contributed by atoms with Gasteiger partial charge in [-0.25, -0.2) is 8.42 Å². The lowest BCUT2D eigenvalue weighted by Gasteiger charge is -2.17. The quantitative estimate of drug-likeness (QED) is 0.766. The maximum atomic E-state index is 12.6. The molecular weight excluding hydrogens is 350 g/mol. The molecule has 0 saturated carbocycles. The molecule has 1 amide bonds. The number of nitrogens with one attached hydrogen (secondary N) is 3. The number of anilines is 3. The lowest BCUT2D eigenvalue weighted by atomic mass is 9.95. The first-order valence-corrected chi connectivity index (χ1v) is 9.95. The molecule has 0 aromatic heterocycles. The molecule has 1 aliphatic heterocycles. The summed E-state index contributed by atoms with van der Waals surface area (Å²) in [6.07, 6.45) is 0.908. The lowest BCUT2D eigenvalue weighted by molar-refractivity contribution is -0.123. The second kappa shape index (κ2) is 6.64. The number of carbonyl (C=O) groups is 1. The molecule has 0 saturated heterocycles. The van der Waals surface area contributed by atoms with Crippen molar-refractivity contribution >= 4 is 33.0 Å². The van der Waals surface area contributed by atoms with Crippen molar-refractivity contribution in [2.24, 2.45) is 5.41 Å². The van der Waals surface area contributed by atoms with Crippen molar-refractivity contribution in [1.82, 2.24) is 0 Å². The predicted molar refractivity (Wildman–Crippen MR) is 104 cm³/mol. The average molecular weight is 373 g/mol. The van der Waals surface area contributed by atoms with E-state index in [1.54, 1.807) is 36.4 Å². The number of sulfonamides is 1. The molecule has 2 aromatic rings. The molecule has 0 fully saturated rings. The van der Waals surface area contributed by atoms with E-state index in [2.05, 4.69) is 15.4 Å². The van der Waals surface area contributed by atoms with Crippen LogP contribution in [0.25, 0.3) is 0 Å². The van der Waals surface area contributed by atoms with Crippen LogP contribution in [0.1, 0.15) is 26.3 Å². The number of hydrogen-bond acceptors (Lipinski definition) is 4. The summed E-state index contributed by atoms with van der Waals surface area (Å²) in [7, 11) is -3.67.